The van der Waals surface area contributed by atoms with Crippen LogP contribution in [0.1, 0.15) is 93.9 Å². The fourth-order valence-electron chi connectivity index (χ4n) is 3.19. The molecule has 2 atom stereocenters. The molecule has 21 heavy (non-hydrogen) atoms. The molecule has 0 aliphatic heterocycles. The average molecular weight is 444 g/mol. The molecule has 0 amide bonds. The van der Waals surface area contributed by atoms with Gasteiger partial charge in [0.05, 0.1) is 0 Å². The van der Waals surface area contributed by atoms with Crippen LogP contribution in [-0.2, 0) is 0 Å². The van der Waals surface area contributed by atoms with E-state index in [0.29, 0.717) is 11.8 Å². The van der Waals surface area contributed by atoms with Gasteiger partial charge < -0.3 is 0 Å². The van der Waals surface area contributed by atoms with E-state index in [1.807, 2.05) is 0 Å². The zero-order valence-corrected chi connectivity index (χ0v) is 20.0. The quantitative estimate of drug-likeness (QED) is 0.299. The molecule has 0 aromatic heterocycles. The van der Waals surface area contributed by atoms with Gasteiger partial charge in [-0.3, -0.25) is 0 Å². The van der Waals surface area contributed by atoms with Crippen molar-refractivity contribution in [2.45, 2.75) is 101 Å². The Bertz CT molecular complexity index is 270. The molecule has 0 aliphatic carbocycles. The molecule has 128 valence electrons. The molecule has 0 aromatic rings. The van der Waals surface area contributed by atoms with E-state index in [4.69, 9.17) is 17.8 Å². The Hall–Kier alpha value is 1.38. The number of halogens is 2. The molecule has 0 rings (SSSR count). The second-order valence-corrected chi connectivity index (χ2v) is 27.6. The fourth-order valence-corrected chi connectivity index (χ4v) is 17.3. The van der Waals surface area contributed by atoms with Crippen LogP contribution >= 0.6 is 17.8 Å². The van der Waals surface area contributed by atoms with Gasteiger partial charge in [0.1, 0.15) is 0 Å². The van der Waals surface area contributed by atoms with Crippen molar-refractivity contribution in [3.05, 3.63) is 0 Å². The summed E-state index contributed by atoms with van der Waals surface area (Å²) in [5, 5.41) is 0. The molecule has 0 saturated carbocycles. The van der Waals surface area contributed by atoms with E-state index in [1.54, 1.807) is 0 Å². The molecule has 0 radical (unpaired) electrons. The zero-order chi connectivity index (χ0) is 16.9. The average Bonchev–Trinajstić information content (AvgIpc) is 2.41. The van der Waals surface area contributed by atoms with Gasteiger partial charge in [0.25, 0.3) is 0 Å². The first-order valence-corrected chi connectivity index (χ1v) is 18.9. The predicted molar refractivity (Wildman–Crippen MR) is 103 cm³/mol. The third kappa shape index (κ3) is 5.18. The summed E-state index contributed by atoms with van der Waals surface area (Å²) >= 11 is -3.32. The van der Waals surface area contributed by atoms with Crippen molar-refractivity contribution in [3.63, 3.8) is 0 Å². The Morgan fingerprint density at radius 3 is 1.29 bits per heavy atom. The maximum atomic E-state index is 7.24. The van der Waals surface area contributed by atoms with Gasteiger partial charge in [-0.05, 0) is 0 Å². The van der Waals surface area contributed by atoms with E-state index in [9.17, 15) is 0 Å². The van der Waals surface area contributed by atoms with Crippen LogP contribution in [0.3, 0.4) is 0 Å². The van der Waals surface area contributed by atoms with E-state index in [-0.39, 0.29) is 6.86 Å². The van der Waals surface area contributed by atoms with Gasteiger partial charge in [0.15, 0.2) is 0 Å². The monoisotopic (exact) mass is 444 g/mol. The summed E-state index contributed by atoms with van der Waals surface area (Å²) in [4.78, 5) is 0. The van der Waals surface area contributed by atoms with Crippen molar-refractivity contribution in [2.75, 3.05) is 0 Å². The van der Waals surface area contributed by atoms with Crippen LogP contribution in [0.5, 0.6) is 0 Å². The minimum absolute atomic E-state index is 0.108. The van der Waals surface area contributed by atoms with Crippen LogP contribution in [0.25, 0.3) is 0 Å². The zero-order valence-electron chi connectivity index (χ0n) is 15.7. The third-order valence-electron chi connectivity index (χ3n) is 6.06. The Kier molecular flexibility index (Phi) is 9.61. The molecule has 0 aromatic carbocycles. The van der Waals surface area contributed by atoms with Gasteiger partial charge >= 0.3 is 147 Å². The summed E-state index contributed by atoms with van der Waals surface area (Å²) < 4.78 is 0.216. The molecule has 0 nitrogen and oxygen atoms in total. The fraction of sp³-hybridized carbons (Fsp3) is 1.00. The summed E-state index contributed by atoms with van der Waals surface area (Å²) in [7, 11) is 14.5. The van der Waals surface area contributed by atoms with Gasteiger partial charge in [0, 0.05) is 0 Å². The summed E-state index contributed by atoms with van der Waals surface area (Å²) in [5.74, 6) is 1.22. The van der Waals surface area contributed by atoms with E-state index >= 15 is 0 Å². The van der Waals surface area contributed by atoms with Crippen LogP contribution in [-0.4, -0.2) is 16.1 Å². The van der Waals surface area contributed by atoms with Gasteiger partial charge in [-0.25, -0.2) is 0 Å². The number of hydrogen-bond acceptors (Lipinski definition) is 0. The first-order chi connectivity index (χ1) is 9.46. The maximum absolute atomic E-state index is 7.24. The molecule has 2 unspecified atom stereocenters. The van der Waals surface area contributed by atoms with Gasteiger partial charge in [0.2, 0.25) is 0 Å². The Balaban J connectivity index is 5.20. The molecule has 0 fully saturated rings. The summed E-state index contributed by atoms with van der Waals surface area (Å²) in [6.07, 6.45) is 7.58. The first kappa shape index (κ1) is 22.4. The number of rotatable bonds is 10. The van der Waals surface area contributed by atoms with Gasteiger partial charge in [-0.2, -0.15) is 0 Å². The van der Waals surface area contributed by atoms with Crippen LogP contribution in [0.2, 0.25) is 6.86 Å². The van der Waals surface area contributed by atoms with E-state index in [1.165, 1.54) is 38.5 Å². The predicted octanol–water partition coefficient (Wildman–Crippen LogP) is 8.12. The van der Waals surface area contributed by atoms with Crippen LogP contribution in [0.15, 0.2) is 0 Å². The van der Waals surface area contributed by atoms with Crippen LogP contribution in [0, 0.1) is 11.8 Å². The minimum atomic E-state index is -3.32. The molecule has 0 saturated heterocycles. The molecular formula is C18H38Cl2Sn. The van der Waals surface area contributed by atoms with Gasteiger partial charge in [-0.1, -0.05) is 0 Å². The molecule has 0 spiro atoms. The molecule has 3 heteroatoms. The van der Waals surface area contributed by atoms with E-state index in [0.717, 1.165) is 0 Å². The van der Waals surface area contributed by atoms with Crippen molar-refractivity contribution >= 4 is 34.0 Å². The molecule has 0 bridgehead atoms. The van der Waals surface area contributed by atoms with Crippen LogP contribution in [0.4, 0.5) is 0 Å². The van der Waals surface area contributed by atoms with Crippen molar-refractivity contribution in [2.24, 2.45) is 11.8 Å². The molecule has 0 aliphatic rings. The second-order valence-electron chi connectivity index (χ2n) is 8.10. The van der Waals surface area contributed by atoms with E-state index in [2.05, 4.69) is 55.4 Å². The Morgan fingerprint density at radius 2 is 1.05 bits per heavy atom. The number of unbranched alkanes of at least 4 members (excludes halogenated alkanes) is 2. The molecular weight excluding hydrogens is 406 g/mol. The molecule has 0 heterocycles. The third-order valence-corrected chi connectivity index (χ3v) is 31.2. The van der Waals surface area contributed by atoms with Crippen LogP contribution < -0.4 is 0 Å². The van der Waals surface area contributed by atoms with Crippen molar-refractivity contribution < 1.29 is 0 Å². The van der Waals surface area contributed by atoms with E-state index < -0.39 is 16.1 Å². The summed E-state index contributed by atoms with van der Waals surface area (Å²) in [5.41, 5.74) is 0. The Morgan fingerprint density at radius 1 is 0.762 bits per heavy atom. The first-order valence-electron chi connectivity index (χ1n) is 8.84. The standard InChI is InChI=1S/2C9H19.2ClH.Sn/c2*1-5-6-7-9(4)8(2)3;;;/h2*9H,5-7H2,1-4H3;2*1H;/q;;;;+2/p-2. The van der Waals surface area contributed by atoms with Crippen molar-refractivity contribution in [1.29, 1.82) is 0 Å². The molecule has 0 N–H and O–H groups in total. The SMILES string of the molecule is CCCCC(C)[C](C)(C)[Sn]([Cl])([Cl])[C](C)(C)C(C)CCCC. The summed E-state index contributed by atoms with van der Waals surface area (Å²) in [6.45, 7) is 18.6. The Labute approximate surface area is 146 Å². The van der Waals surface area contributed by atoms with Crippen molar-refractivity contribution in [1.82, 2.24) is 0 Å². The van der Waals surface area contributed by atoms with Crippen molar-refractivity contribution in [3.8, 4) is 0 Å². The summed E-state index contributed by atoms with van der Waals surface area (Å²) in [6, 6.07) is 0. The normalized spacial score (nSPS) is 16.9. The second kappa shape index (κ2) is 9.02. The van der Waals surface area contributed by atoms with Gasteiger partial charge in [-0.15, -0.1) is 0 Å². The number of hydrogen-bond donors (Lipinski definition) is 0. The topological polar surface area (TPSA) is 0 Å².